The molecule has 15 heavy (non-hydrogen) atoms. The molecule has 0 unspecified atom stereocenters. The molecule has 0 aliphatic carbocycles. The first-order valence-electron chi connectivity index (χ1n) is 5.15. The van der Waals surface area contributed by atoms with Crippen LogP contribution < -0.4 is 0 Å². The molecule has 0 saturated heterocycles. The van der Waals surface area contributed by atoms with E-state index in [1.54, 1.807) is 6.07 Å². The van der Waals surface area contributed by atoms with Gasteiger partial charge in [0.1, 0.15) is 0 Å². The molecule has 84 valence electrons. The third kappa shape index (κ3) is 4.02. The van der Waals surface area contributed by atoms with Crippen molar-refractivity contribution in [2.45, 2.75) is 26.3 Å². The minimum absolute atomic E-state index is 0.566. The van der Waals surface area contributed by atoms with Gasteiger partial charge in [-0.15, -0.1) is 0 Å². The van der Waals surface area contributed by atoms with Crippen molar-refractivity contribution in [3.05, 3.63) is 33.8 Å². The Bertz CT molecular complexity index is 323. The molecule has 0 aliphatic heterocycles. The van der Waals surface area contributed by atoms with Crippen LogP contribution in [-0.4, -0.2) is 24.5 Å². The van der Waals surface area contributed by atoms with E-state index in [1.807, 2.05) is 12.1 Å². The summed E-state index contributed by atoms with van der Waals surface area (Å²) in [7, 11) is 2.12. The van der Waals surface area contributed by atoms with Crippen LogP contribution in [0.25, 0.3) is 0 Å². The molecule has 0 aliphatic rings. The van der Waals surface area contributed by atoms with Crippen molar-refractivity contribution in [2.24, 2.45) is 0 Å². The predicted octanol–water partition coefficient (Wildman–Crippen LogP) is 3.88. The molecule has 0 amide bonds. The smallest absolute Gasteiger partial charge is 0.0453 e. The van der Waals surface area contributed by atoms with Crippen molar-refractivity contribution in [2.75, 3.05) is 13.6 Å². The molecule has 1 aromatic rings. The normalized spacial score (nSPS) is 11.4. The Hall–Kier alpha value is -0.240. The lowest BCUT2D eigenvalue weighted by Crippen LogP contribution is -2.28. The molecule has 0 aromatic heterocycles. The van der Waals surface area contributed by atoms with Gasteiger partial charge in [-0.2, -0.15) is 0 Å². The number of nitrogens with zero attached hydrogens (tertiary/aromatic N) is 1. The van der Waals surface area contributed by atoms with Crippen molar-refractivity contribution >= 4 is 23.2 Å². The molecule has 0 N–H and O–H groups in total. The molecule has 0 spiro atoms. The van der Waals surface area contributed by atoms with E-state index in [0.717, 1.165) is 23.6 Å². The van der Waals surface area contributed by atoms with Gasteiger partial charge in [-0.1, -0.05) is 29.3 Å². The van der Waals surface area contributed by atoms with E-state index in [0.29, 0.717) is 11.1 Å². The third-order valence-electron chi connectivity index (χ3n) is 2.63. The molecule has 0 saturated carbocycles. The van der Waals surface area contributed by atoms with Gasteiger partial charge in [0.25, 0.3) is 0 Å². The standard InChI is InChI=1S/C12H17Cl2N/c1-9(2)15(3)7-6-10-4-5-11(13)8-12(10)14/h4-5,8-9H,6-7H2,1-3H3. The molecular formula is C12H17Cl2N. The van der Waals surface area contributed by atoms with Gasteiger partial charge in [0.2, 0.25) is 0 Å². The molecule has 1 rings (SSSR count). The Morgan fingerprint density at radius 2 is 1.93 bits per heavy atom. The summed E-state index contributed by atoms with van der Waals surface area (Å²) < 4.78 is 0. The van der Waals surface area contributed by atoms with Crippen LogP contribution in [0.3, 0.4) is 0 Å². The number of hydrogen-bond donors (Lipinski definition) is 0. The van der Waals surface area contributed by atoms with Gasteiger partial charge in [0, 0.05) is 22.6 Å². The van der Waals surface area contributed by atoms with E-state index in [-0.39, 0.29) is 0 Å². The molecule has 1 nitrogen and oxygen atoms in total. The summed E-state index contributed by atoms with van der Waals surface area (Å²) in [4.78, 5) is 2.30. The van der Waals surface area contributed by atoms with Crippen LogP contribution in [-0.2, 0) is 6.42 Å². The minimum Gasteiger partial charge on any atom is -0.304 e. The summed E-state index contributed by atoms with van der Waals surface area (Å²) in [6, 6.07) is 6.25. The van der Waals surface area contributed by atoms with Crippen LogP contribution >= 0.6 is 23.2 Å². The van der Waals surface area contributed by atoms with Gasteiger partial charge in [-0.3, -0.25) is 0 Å². The number of benzene rings is 1. The van der Waals surface area contributed by atoms with Crippen molar-refractivity contribution in [1.29, 1.82) is 0 Å². The lowest BCUT2D eigenvalue weighted by molar-refractivity contribution is 0.277. The summed E-state index contributed by atoms with van der Waals surface area (Å²) in [6.07, 6.45) is 0.963. The Labute approximate surface area is 102 Å². The van der Waals surface area contributed by atoms with Gasteiger partial charge >= 0.3 is 0 Å². The second kappa shape index (κ2) is 5.74. The molecule has 0 bridgehead atoms. The maximum atomic E-state index is 6.09. The first kappa shape index (κ1) is 12.8. The molecule has 1 aromatic carbocycles. The van der Waals surface area contributed by atoms with Crippen molar-refractivity contribution in [3.8, 4) is 0 Å². The van der Waals surface area contributed by atoms with E-state index in [2.05, 4.69) is 25.8 Å². The first-order chi connectivity index (χ1) is 7.00. The predicted molar refractivity (Wildman–Crippen MR) is 67.9 cm³/mol. The molecule has 0 atom stereocenters. The number of likely N-dealkylation sites (N-methyl/N-ethyl adjacent to an activating group) is 1. The molecule has 0 radical (unpaired) electrons. The quantitative estimate of drug-likeness (QED) is 0.779. The van der Waals surface area contributed by atoms with Crippen molar-refractivity contribution in [1.82, 2.24) is 4.90 Å². The number of hydrogen-bond acceptors (Lipinski definition) is 1. The van der Waals surface area contributed by atoms with Crippen molar-refractivity contribution < 1.29 is 0 Å². The maximum Gasteiger partial charge on any atom is 0.0453 e. The molecular weight excluding hydrogens is 229 g/mol. The average Bonchev–Trinajstić information content (AvgIpc) is 2.15. The SMILES string of the molecule is CC(C)N(C)CCc1ccc(Cl)cc1Cl. The molecule has 0 fully saturated rings. The van der Waals surface area contributed by atoms with Gasteiger partial charge in [-0.05, 0) is 45.0 Å². The Kier molecular flexibility index (Phi) is 4.91. The number of halogens is 2. The lowest BCUT2D eigenvalue weighted by Gasteiger charge is -2.21. The highest BCUT2D eigenvalue weighted by Crippen LogP contribution is 2.21. The van der Waals surface area contributed by atoms with Crippen LogP contribution in [0, 0.1) is 0 Å². The van der Waals surface area contributed by atoms with Crippen LogP contribution in [0.4, 0.5) is 0 Å². The van der Waals surface area contributed by atoms with Gasteiger partial charge < -0.3 is 4.90 Å². The van der Waals surface area contributed by atoms with E-state index in [4.69, 9.17) is 23.2 Å². The fourth-order valence-corrected chi connectivity index (χ4v) is 1.78. The minimum atomic E-state index is 0.566. The summed E-state index contributed by atoms with van der Waals surface area (Å²) >= 11 is 11.9. The highest BCUT2D eigenvalue weighted by molar-refractivity contribution is 6.35. The fraction of sp³-hybridized carbons (Fsp3) is 0.500. The van der Waals surface area contributed by atoms with Gasteiger partial charge in [0.15, 0.2) is 0 Å². The summed E-state index contributed by atoms with van der Waals surface area (Å²) in [5.41, 5.74) is 1.16. The zero-order valence-electron chi connectivity index (χ0n) is 9.43. The van der Waals surface area contributed by atoms with Crippen LogP contribution in [0.2, 0.25) is 10.0 Å². The molecule has 0 heterocycles. The second-order valence-corrected chi connectivity index (χ2v) is 4.90. The third-order valence-corrected chi connectivity index (χ3v) is 3.22. The summed E-state index contributed by atoms with van der Waals surface area (Å²) in [5.74, 6) is 0. The first-order valence-corrected chi connectivity index (χ1v) is 5.90. The topological polar surface area (TPSA) is 3.24 Å². The lowest BCUT2D eigenvalue weighted by atomic mass is 10.1. The van der Waals surface area contributed by atoms with E-state index >= 15 is 0 Å². The Morgan fingerprint density at radius 1 is 1.27 bits per heavy atom. The van der Waals surface area contributed by atoms with E-state index < -0.39 is 0 Å². The van der Waals surface area contributed by atoms with Crippen LogP contribution in [0.15, 0.2) is 18.2 Å². The molecule has 3 heteroatoms. The zero-order chi connectivity index (χ0) is 11.4. The highest BCUT2D eigenvalue weighted by atomic mass is 35.5. The summed E-state index contributed by atoms with van der Waals surface area (Å²) in [6.45, 7) is 5.38. The zero-order valence-corrected chi connectivity index (χ0v) is 10.9. The van der Waals surface area contributed by atoms with Crippen LogP contribution in [0.1, 0.15) is 19.4 Å². The second-order valence-electron chi connectivity index (χ2n) is 4.06. The van der Waals surface area contributed by atoms with Crippen molar-refractivity contribution in [3.63, 3.8) is 0 Å². The summed E-state index contributed by atoms with van der Waals surface area (Å²) in [5, 5.41) is 1.46. The highest BCUT2D eigenvalue weighted by Gasteiger charge is 2.05. The average molecular weight is 246 g/mol. The van der Waals surface area contributed by atoms with Gasteiger partial charge in [-0.25, -0.2) is 0 Å². The Morgan fingerprint density at radius 3 is 2.47 bits per heavy atom. The maximum absolute atomic E-state index is 6.09. The fourth-order valence-electron chi connectivity index (χ4n) is 1.28. The largest absolute Gasteiger partial charge is 0.304 e. The number of rotatable bonds is 4. The van der Waals surface area contributed by atoms with Gasteiger partial charge in [0.05, 0.1) is 0 Å². The van der Waals surface area contributed by atoms with Crippen LogP contribution in [0.5, 0.6) is 0 Å². The van der Waals surface area contributed by atoms with E-state index in [9.17, 15) is 0 Å². The Balaban J connectivity index is 2.58. The monoisotopic (exact) mass is 245 g/mol. The van der Waals surface area contributed by atoms with E-state index in [1.165, 1.54) is 0 Å².